The minimum Gasteiger partial charge on any atom is -0.497 e. The van der Waals surface area contributed by atoms with E-state index >= 15 is 0 Å². The monoisotopic (exact) mass is 264 g/mol. The molecule has 0 aromatic heterocycles. The third kappa shape index (κ3) is 5.11. The van der Waals surface area contributed by atoms with Crippen molar-refractivity contribution in [2.75, 3.05) is 33.4 Å². The van der Waals surface area contributed by atoms with E-state index in [2.05, 4.69) is 0 Å². The molecule has 1 heterocycles. The Bertz CT molecular complexity index is 362. The first-order valence-corrected chi connectivity index (χ1v) is 7.49. The summed E-state index contributed by atoms with van der Waals surface area (Å²) in [5.74, 6) is 1.76. The number of quaternary nitrogens is 1. The van der Waals surface area contributed by atoms with Crippen LogP contribution in [0.1, 0.15) is 32.1 Å². The van der Waals surface area contributed by atoms with E-state index in [1.807, 2.05) is 24.3 Å². The Balaban J connectivity index is 1.53. The summed E-state index contributed by atoms with van der Waals surface area (Å²) in [6.07, 6.45) is 6.59. The van der Waals surface area contributed by atoms with Gasteiger partial charge in [-0.1, -0.05) is 6.07 Å². The normalized spacial score (nSPS) is 15.6. The number of benzene rings is 1. The quantitative estimate of drug-likeness (QED) is 0.725. The van der Waals surface area contributed by atoms with Crippen molar-refractivity contribution in [2.24, 2.45) is 0 Å². The highest BCUT2D eigenvalue weighted by Crippen LogP contribution is 2.18. The Kier molecular flexibility index (Phi) is 6.02. The zero-order valence-electron chi connectivity index (χ0n) is 12.0. The molecule has 0 spiro atoms. The number of nitrogens with one attached hydrogen (secondary N) is 1. The van der Waals surface area contributed by atoms with E-state index in [1.54, 1.807) is 12.0 Å². The maximum absolute atomic E-state index is 5.73. The first-order valence-electron chi connectivity index (χ1n) is 7.49. The molecule has 0 saturated carbocycles. The second-order valence-corrected chi connectivity index (χ2v) is 5.30. The van der Waals surface area contributed by atoms with Gasteiger partial charge >= 0.3 is 0 Å². The van der Waals surface area contributed by atoms with E-state index in [0.29, 0.717) is 0 Å². The van der Waals surface area contributed by atoms with Crippen molar-refractivity contribution in [1.82, 2.24) is 0 Å². The van der Waals surface area contributed by atoms with E-state index in [-0.39, 0.29) is 0 Å². The lowest BCUT2D eigenvalue weighted by molar-refractivity contribution is -0.887. The van der Waals surface area contributed by atoms with Crippen molar-refractivity contribution in [3.05, 3.63) is 24.3 Å². The van der Waals surface area contributed by atoms with E-state index in [9.17, 15) is 0 Å². The van der Waals surface area contributed by atoms with Gasteiger partial charge in [0.1, 0.15) is 11.5 Å². The standard InChI is InChI=1S/C16H25NO2/c1-18-15-8-7-9-16(14-15)19-13-6-2-3-10-17-11-4-5-12-17/h7-9,14H,2-6,10-13H2,1H3/p+1. The zero-order chi connectivity index (χ0) is 13.3. The average Bonchev–Trinajstić information content (AvgIpc) is 2.96. The summed E-state index contributed by atoms with van der Waals surface area (Å²) in [4.78, 5) is 1.80. The molecule has 2 rings (SSSR count). The van der Waals surface area contributed by atoms with Gasteiger partial charge in [-0.25, -0.2) is 0 Å². The molecule has 0 atom stereocenters. The van der Waals surface area contributed by atoms with Crippen LogP contribution in [0, 0.1) is 0 Å². The molecular weight excluding hydrogens is 238 g/mol. The van der Waals surface area contributed by atoms with Gasteiger partial charge in [-0.3, -0.25) is 0 Å². The van der Waals surface area contributed by atoms with Crippen LogP contribution in [0.25, 0.3) is 0 Å². The lowest BCUT2D eigenvalue weighted by atomic mass is 10.2. The molecule has 1 N–H and O–H groups in total. The highest BCUT2D eigenvalue weighted by atomic mass is 16.5. The fraction of sp³-hybridized carbons (Fsp3) is 0.625. The second kappa shape index (κ2) is 8.05. The topological polar surface area (TPSA) is 22.9 Å². The Morgan fingerprint density at radius 3 is 2.63 bits per heavy atom. The molecule has 106 valence electrons. The number of likely N-dealkylation sites (tertiary alicyclic amines) is 1. The van der Waals surface area contributed by atoms with Crippen molar-refractivity contribution in [1.29, 1.82) is 0 Å². The van der Waals surface area contributed by atoms with Crippen LogP contribution in [0.4, 0.5) is 0 Å². The second-order valence-electron chi connectivity index (χ2n) is 5.30. The highest BCUT2D eigenvalue weighted by Gasteiger charge is 2.13. The molecule has 1 aromatic rings. The molecule has 0 amide bonds. The number of hydrogen-bond donors (Lipinski definition) is 1. The molecule has 0 unspecified atom stereocenters. The first-order chi connectivity index (χ1) is 9.38. The minimum absolute atomic E-state index is 0.808. The Morgan fingerprint density at radius 1 is 1.05 bits per heavy atom. The van der Waals surface area contributed by atoms with Crippen LogP contribution >= 0.6 is 0 Å². The SMILES string of the molecule is COc1cccc(OCCCCC[NH+]2CCCC2)c1. The van der Waals surface area contributed by atoms with Gasteiger partial charge in [-0.05, 0) is 31.4 Å². The number of ether oxygens (including phenoxy) is 2. The number of hydrogen-bond acceptors (Lipinski definition) is 2. The third-order valence-electron chi connectivity index (χ3n) is 3.80. The van der Waals surface area contributed by atoms with Crippen molar-refractivity contribution in [2.45, 2.75) is 32.1 Å². The Hall–Kier alpha value is -1.22. The molecule has 1 saturated heterocycles. The summed E-state index contributed by atoms with van der Waals surface area (Å²) in [6, 6.07) is 7.82. The summed E-state index contributed by atoms with van der Waals surface area (Å²) in [5.41, 5.74) is 0. The largest absolute Gasteiger partial charge is 0.497 e. The lowest BCUT2D eigenvalue weighted by Crippen LogP contribution is -3.09. The summed E-state index contributed by atoms with van der Waals surface area (Å²) in [7, 11) is 1.68. The summed E-state index contributed by atoms with van der Waals surface area (Å²) >= 11 is 0. The maximum Gasteiger partial charge on any atom is 0.122 e. The lowest BCUT2D eigenvalue weighted by Gasteiger charge is -2.11. The van der Waals surface area contributed by atoms with Gasteiger partial charge in [0.25, 0.3) is 0 Å². The van der Waals surface area contributed by atoms with Crippen LogP contribution in [0.2, 0.25) is 0 Å². The van der Waals surface area contributed by atoms with Gasteiger partial charge in [-0.2, -0.15) is 0 Å². The molecule has 3 heteroatoms. The van der Waals surface area contributed by atoms with Crippen LogP contribution in [0.3, 0.4) is 0 Å². The van der Waals surface area contributed by atoms with Crippen LogP contribution in [0.15, 0.2) is 24.3 Å². The molecule has 19 heavy (non-hydrogen) atoms. The molecule has 3 nitrogen and oxygen atoms in total. The fourth-order valence-corrected chi connectivity index (χ4v) is 2.66. The average molecular weight is 264 g/mol. The van der Waals surface area contributed by atoms with Crippen LogP contribution in [-0.4, -0.2) is 33.4 Å². The molecule has 0 radical (unpaired) electrons. The van der Waals surface area contributed by atoms with Gasteiger partial charge < -0.3 is 14.4 Å². The molecule has 1 aliphatic heterocycles. The van der Waals surface area contributed by atoms with Crippen molar-refractivity contribution >= 4 is 0 Å². The number of rotatable bonds is 8. The molecule has 1 aromatic carbocycles. The minimum atomic E-state index is 0.808. The summed E-state index contributed by atoms with van der Waals surface area (Å²) in [5, 5.41) is 0. The molecular formula is C16H26NO2+. The number of unbranched alkanes of at least 4 members (excludes halogenated alkanes) is 2. The third-order valence-corrected chi connectivity index (χ3v) is 3.80. The maximum atomic E-state index is 5.73. The zero-order valence-corrected chi connectivity index (χ0v) is 12.0. The highest BCUT2D eigenvalue weighted by molar-refractivity contribution is 5.32. The van der Waals surface area contributed by atoms with E-state index in [0.717, 1.165) is 24.5 Å². The molecule has 0 bridgehead atoms. The smallest absolute Gasteiger partial charge is 0.122 e. The van der Waals surface area contributed by atoms with Crippen molar-refractivity contribution < 1.29 is 14.4 Å². The van der Waals surface area contributed by atoms with E-state index in [1.165, 1.54) is 45.3 Å². The van der Waals surface area contributed by atoms with Crippen LogP contribution in [0.5, 0.6) is 11.5 Å². The van der Waals surface area contributed by atoms with Crippen molar-refractivity contribution in [3.63, 3.8) is 0 Å². The van der Waals surface area contributed by atoms with E-state index < -0.39 is 0 Å². The predicted octanol–water partition coefficient (Wildman–Crippen LogP) is 1.92. The van der Waals surface area contributed by atoms with Gasteiger partial charge in [-0.15, -0.1) is 0 Å². The van der Waals surface area contributed by atoms with Crippen molar-refractivity contribution in [3.8, 4) is 11.5 Å². The van der Waals surface area contributed by atoms with Gasteiger partial charge in [0.2, 0.25) is 0 Å². The summed E-state index contributed by atoms with van der Waals surface area (Å²) in [6.45, 7) is 4.93. The van der Waals surface area contributed by atoms with Gasteiger partial charge in [0.05, 0.1) is 33.4 Å². The van der Waals surface area contributed by atoms with E-state index in [4.69, 9.17) is 9.47 Å². The number of methoxy groups -OCH3 is 1. The fourth-order valence-electron chi connectivity index (χ4n) is 2.66. The molecule has 1 aliphatic rings. The summed E-state index contributed by atoms with van der Waals surface area (Å²) < 4.78 is 10.9. The first kappa shape index (κ1) is 14.2. The van der Waals surface area contributed by atoms with Crippen LogP contribution < -0.4 is 14.4 Å². The van der Waals surface area contributed by atoms with Crippen LogP contribution in [-0.2, 0) is 0 Å². The molecule has 0 aliphatic carbocycles. The van der Waals surface area contributed by atoms with Gasteiger partial charge in [0, 0.05) is 18.9 Å². The van der Waals surface area contributed by atoms with Gasteiger partial charge in [0.15, 0.2) is 0 Å². The predicted molar refractivity (Wildman–Crippen MR) is 77.1 cm³/mol. The Morgan fingerprint density at radius 2 is 1.84 bits per heavy atom. The Labute approximate surface area is 116 Å². The molecule has 1 fully saturated rings.